The lowest BCUT2D eigenvalue weighted by Crippen LogP contribution is -2.58. The molecule has 142 valence electrons. The maximum absolute atomic E-state index is 12.3. The molecule has 1 amide bonds. The van der Waals surface area contributed by atoms with E-state index in [1.54, 1.807) is 11.8 Å². The van der Waals surface area contributed by atoms with Crippen LogP contribution in [0.3, 0.4) is 0 Å². The molecule has 1 aromatic carbocycles. The van der Waals surface area contributed by atoms with Gasteiger partial charge < -0.3 is 20.1 Å². The Morgan fingerprint density at radius 2 is 1.81 bits per heavy atom. The molecule has 0 radical (unpaired) electrons. The van der Waals surface area contributed by atoms with E-state index in [1.165, 1.54) is 32.1 Å². The number of hydrogen-bond acceptors (Lipinski definition) is 5. The normalized spacial score (nSPS) is 24.9. The average Bonchev–Trinajstić information content (AvgIpc) is 3.17. The van der Waals surface area contributed by atoms with Gasteiger partial charge in [-0.15, -0.1) is 11.8 Å². The molecule has 0 saturated heterocycles. The molecule has 5 nitrogen and oxygen atoms in total. The monoisotopic (exact) mass is 376 g/mol. The molecular formula is C20H28N2O3S. The molecule has 0 aromatic heterocycles. The van der Waals surface area contributed by atoms with Crippen molar-refractivity contribution in [2.24, 2.45) is 0 Å². The van der Waals surface area contributed by atoms with E-state index < -0.39 is 0 Å². The first-order valence-electron chi connectivity index (χ1n) is 9.86. The van der Waals surface area contributed by atoms with Crippen LogP contribution in [-0.2, 0) is 4.79 Å². The highest BCUT2D eigenvalue weighted by atomic mass is 32.2. The fourth-order valence-corrected chi connectivity index (χ4v) is 4.80. The standard InChI is InChI=1S/C20H28N2O3S/c23-20(22-17-7-6-16(17)21-14-3-1-2-4-14)9-12-26-15-5-8-18-19(13-15)25-11-10-24-18/h5,8,13-14,16-17,21H,1-4,6-7,9-12H2,(H,22,23)/t16-,17+/m0/s1. The Labute approximate surface area is 159 Å². The van der Waals surface area contributed by atoms with Crippen LogP contribution in [0.15, 0.2) is 23.1 Å². The van der Waals surface area contributed by atoms with Crippen molar-refractivity contribution < 1.29 is 14.3 Å². The SMILES string of the molecule is O=C(CCSc1ccc2c(c1)OCCO2)N[C@@H]1CC[C@@H]1NC1CCCC1. The Balaban J connectivity index is 1.17. The van der Waals surface area contributed by atoms with Crippen LogP contribution in [0.4, 0.5) is 0 Å². The van der Waals surface area contributed by atoms with E-state index >= 15 is 0 Å². The van der Waals surface area contributed by atoms with E-state index in [-0.39, 0.29) is 5.91 Å². The summed E-state index contributed by atoms with van der Waals surface area (Å²) >= 11 is 1.69. The summed E-state index contributed by atoms with van der Waals surface area (Å²) in [4.78, 5) is 13.4. The van der Waals surface area contributed by atoms with E-state index in [1.807, 2.05) is 18.2 Å². The zero-order valence-electron chi connectivity index (χ0n) is 15.2. The molecule has 1 aromatic rings. The molecule has 2 atom stereocenters. The van der Waals surface area contributed by atoms with Crippen LogP contribution in [-0.4, -0.2) is 43.0 Å². The molecule has 3 aliphatic rings. The van der Waals surface area contributed by atoms with Gasteiger partial charge in [0.25, 0.3) is 0 Å². The predicted octanol–water partition coefficient (Wildman–Crippen LogP) is 3.12. The summed E-state index contributed by atoms with van der Waals surface area (Å²) < 4.78 is 11.1. The second kappa shape index (κ2) is 8.53. The molecule has 0 unspecified atom stereocenters. The highest BCUT2D eigenvalue weighted by Gasteiger charge is 2.33. The van der Waals surface area contributed by atoms with Crippen LogP contribution in [0.25, 0.3) is 0 Å². The lowest BCUT2D eigenvalue weighted by molar-refractivity contribution is -0.122. The van der Waals surface area contributed by atoms with Crippen LogP contribution in [0, 0.1) is 0 Å². The lowest BCUT2D eigenvalue weighted by atomic mass is 9.85. The van der Waals surface area contributed by atoms with Gasteiger partial charge in [0.05, 0.1) is 0 Å². The molecular weight excluding hydrogens is 348 g/mol. The number of fused-ring (bicyclic) bond motifs is 1. The molecule has 4 rings (SSSR count). The molecule has 26 heavy (non-hydrogen) atoms. The Morgan fingerprint density at radius 3 is 2.58 bits per heavy atom. The summed E-state index contributed by atoms with van der Waals surface area (Å²) in [5.41, 5.74) is 0. The largest absolute Gasteiger partial charge is 0.486 e. The number of carbonyl (C=O) groups excluding carboxylic acids is 1. The quantitative estimate of drug-likeness (QED) is 0.716. The first-order chi connectivity index (χ1) is 12.8. The Hall–Kier alpha value is -1.40. The zero-order chi connectivity index (χ0) is 17.8. The number of hydrogen-bond donors (Lipinski definition) is 2. The fraction of sp³-hybridized carbons (Fsp3) is 0.650. The van der Waals surface area contributed by atoms with Crippen molar-refractivity contribution in [1.82, 2.24) is 10.6 Å². The predicted molar refractivity (Wildman–Crippen MR) is 103 cm³/mol. The lowest BCUT2D eigenvalue weighted by Gasteiger charge is -2.39. The van der Waals surface area contributed by atoms with Gasteiger partial charge >= 0.3 is 0 Å². The molecule has 2 N–H and O–H groups in total. The van der Waals surface area contributed by atoms with Crippen molar-refractivity contribution in [2.45, 2.75) is 68.0 Å². The van der Waals surface area contributed by atoms with Gasteiger partial charge in [-0.3, -0.25) is 4.79 Å². The zero-order valence-corrected chi connectivity index (χ0v) is 16.0. The van der Waals surface area contributed by atoms with E-state index in [0.717, 1.165) is 28.6 Å². The Morgan fingerprint density at radius 1 is 1.04 bits per heavy atom. The van der Waals surface area contributed by atoms with Crippen molar-refractivity contribution in [3.05, 3.63) is 18.2 Å². The van der Waals surface area contributed by atoms with E-state index in [0.29, 0.717) is 37.8 Å². The molecule has 2 fully saturated rings. The minimum Gasteiger partial charge on any atom is -0.486 e. The van der Waals surface area contributed by atoms with Gasteiger partial charge in [-0.1, -0.05) is 12.8 Å². The van der Waals surface area contributed by atoms with Gasteiger partial charge in [-0.2, -0.15) is 0 Å². The van der Waals surface area contributed by atoms with E-state index in [4.69, 9.17) is 9.47 Å². The number of benzene rings is 1. The average molecular weight is 377 g/mol. The summed E-state index contributed by atoms with van der Waals surface area (Å²) in [6.07, 6.45) is 8.12. The van der Waals surface area contributed by atoms with Gasteiger partial charge in [0, 0.05) is 35.2 Å². The maximum atomic E-state index is 12.3. The Kier molecular flexibility index (Phi) is 5.90. The first kappa shape index (κ1) is 18.0. The Bertz CT molecular complexity index is 633. The minimum atomic E-state index is 0.165. The van der Waals surface area contributed by atoms with Crippen molar-refractivity contribution in [3.8, 4) is 11.5 Å². The van der Waals surface area contributed by atoms with Crippen LogP contribution in [0.1, 0.15) is 44.9 Å². The van der Waals surface area contributed by atoms with Crippen LogP contribution >= 0.6 is 11.8 Å². The number of carbonyl (C=O) groups is 1. The first-order valence-corrected chi connectivity index (χ1v) is 10.8. The van der Waals surface area contributed by atoms with Crippen LogP contribution in [0.5, 0.6) is 11.5 Å². The third-order valence-corrected chi connectivity index (χ3v) is 6.53. The number of nitrogens with one attached hydrogen (secondary N) is 2. The molecule has 0 spiro atoms. The van der Waals surface area contributed by atoms with Crippen LogP contribution in [0.2, 0.25) is 0 Å². The van der Waals surface area contributed by atoms with Crippen molar-refractivity contribution in [3.63, 3.8) is 0 Å². The second-order valence-electron chi connectivity index (χ2n) is 7.41. The van der Waals surface area contributed by atoms with Gasteiger partial charge in [0.15, 0.2) is 11.5 Å². The smallest absolute Gasteiger partial charge is 0.221 e. The summed E-state index contributed by atoms with van der Waals surface area (Å²) in [5.74, 6) is 2.56. The third-order valence-electron chi connectivity index (χ3n) is 5.54. The van der Waals surface area contributed by atoms with Gasteiger partial charge in [-0.05, 0) is 43.9 Å². The minimum absolute atomic E-state index is 0.165. The van der Waals surface area contributed by atoms with Gasteiger partial charge in [-0.25, -0.2) is 0 Å². The van der Waals surface area contributed by atoms with E-state index in [2.05, 4.69) is 10.6 Å². The maximum Gasteiger partial charge on any atom is 0.221 e. The van der Waals surface area contributed by atoms with Gasteiger partial charge in [0.2, 0.25) is 5.91 Å². The van der Waals surface area contributed by atoms with Crippen molar-refractivity contribution in [2.75, 3.05) is 19.0 Å². The van der Waals surface area contributed by atoms with Gasteiger partial charge in [0.1, 0.15) is 13.2 Å². The molecule has 6 heteroatoms. The summed E-state index contributed by atoms with van der Waals surface area (Å²) in [6.45, 7) is 1.21. The molecule has 2 saturated carbocycles. The molecule has 2 aliphatic carbocycles. The summed E-state index contributed by atoms with van der Waals surface area (Å²) in [6, 6.07) is 7.46. The highest BCUT2D eigenvalue weighted by molar-refractivity contribution is 7.99. The van der Waals surface area contributed by atoms with E-state index in [9.17, 15) is 4.79 Å². The summed E-state index contributed by atoms with van der Waals surface area (Å²) in [5, 5.41) is 6.95. The number of rotatable bonds is 7. The second-order valence-corrected chi connectivity index (χ2v) is 8.58. The number of amides is 1. The summed E-state index contributed by atoms with van der Waals surface area (Å²) in [7, 11) is 0. The van der Waals surface area contributed by atoms with Crippen molar-refractivity contribution >= 4 is 17.7 Å². The topological polar surface area (TPSA) is 59.6 Å². The van der Waals surface area contributed by atoms with Crippen molar-refractivity contribution in [1.29, 1.82) is 0 Å². The molecule has 1 heterocycles. The highest BCUT2D eigenvalue weighted by Crippen LogP contribution is 2.34. The fourth-order valence-electron chi connectivity index (χ4n) is 3.92. The number of thioether (sulfide) groups is 1. The molecule has 1 aliphatic heterocycles. The number of ether oxygens (including phenoxy) is 2. The third kappa shape index (κ3) is 4.46. The molecule has 0 bridgehead atoms. The van der Waals surface area contributed by atoms with Crippen LogP contribution < -0.4 is 20.1 Å².